The van der Waals surface area contributed by atoms with Gasteiger partial charge in [0.25, 0.3) is 0 Å². The molecule has 1 aliphatic heterocycles. The van der Waals surface area contributed by atoms with E-state index in [9.17, 15) is 0 Å². The van der Waals surface area contributed by atoms with Crippen molar-refractivity contribution in [2.24, 2.45) is 17.8 Å². The maximum absolute atomic E-state index is 5.47. The van der Waals surface area contributed by atoms with Gasteiger partial charge in [-0.25, -0.2) is 0 Å². The monoisotopic (exact) mass is 274 g/mol. The van der Waals surface area contributed by atoms with E-state index in [0.717, 1.165) is 30.1 Å². The van der Waals surface area contributed by atoms with E-state index in [1.54, 1.807) is 11.2 Å². The summed E-state index contributed by atoms with van der Waals surface area (Å²) in [5.74, 6) is 3.96. The van der Waals surface area contributed by atoms with E-state index in [2.05, 4.69) is 18.2 Å². The molecule has 0 aromatic carbocycles. The van der Waals surface area contributed by atoms with Crippen LogP contribution in [0.25, 0.3) is 0 Å². The summed E-state index contributed by atoms with van der Waals surface area (Å²) in [6, 6.07) is 4.10. The summed E-state index contributed by atoms with van der Waals surface area (Å²) in [7, 11) is 0. The zero-order valence-corrected chi connectivity index (χ0v) is 12.2. The van der Waals surface area contributed by atoms with Crippen molar-refractivity contribution >= 4 is 0 Å². The van der Waals surface area contributed by atoms with Gasteiger partial charge in [-0.2, -0.15) is 0 Å². The molecule has 3 nitrogen and oxygen atoms in total. The van der Waals surface area contributed by atoms with E-state index >= 15 is 0 Å². The van der Waals surface area contributed by atoms with Crippen LogP contribution < -0.4 is 9.80 Å². The van der Waals surface area contributed by atoms with Crippen LogP contribution in [-0.4, -0.2) is 32.7 Å². The van der Waals surface area contributed by atoms with Crippen LogP contribution >= 0.6 is 0 Å². The Morgan fingerprint density at radius 1 is 1.05 bits per heavy atom. The minimum absolute atomic E-state index is 0.918. The number of rotatable bonds is 4. The van der Waals surface area contributed by atoms with Crippen LogP contribution in [0.15, 0.2) is 35.0 Å². The Kier molecular flexibility index (Phi) is 3.41. The van der Waals surface area contributed by atoms with Gasteiger partial charge in [-0.05, 0) is 36.8 Å². The van der Waals surface area contributed by atoms with E-state index in [1.807, 2.05) is 11.0 Å². The first-order chi connectivity index (χ1) is 9.87. The average Bonchev–Trinajstić information content (AvgIpc) is 3.18. The summed E-state index contributed by atoms with van der Waals surface area (Å²) in [5.41, 5.74) is 0. The number of nitrogens with one attached hydrogen (secondary N) is 2. The first-order valence-corrected chi connectivity index (χ1v) is 8.24. The second-order valence-electron chi connectivity index (χ2n) is 7.00. The fourth-order valence-corrected chi connectivity index (χ4v) is 4.50. The summed E-state index contributed by atoms with van der Waals surface area (Å²) in [5, 5.41) is 0. The minimum atomic E-state index is 0.918. The van der Waals surface area contributed by atoms with E-state index in [-0.39, 0.29) is 0 Å². The van der Waals surface area contributed by atoms with Crippen LogP contribution in [0.4, 0.5) is 0 Å². The molecule has 2 N–H and O–H groups in total. The Balaban J connectivity index is 1.24. The maximum atomic E-state index is 5.47. The molecule has 0 radical (unpaired) electrons. The van der Waals surface area contributed by atoms with E-state index < -0.39 is 0 Å². The van der Waals surface area contributed by atoms with E-state index in [0.29, 0.717) is 0 Å². The molecule has 2 bridgehead atoms. The predicted octanol–water partition coefficient (Wildman–Crippen LogP) is -0.225. The Labute approximate surface area is 121 Å². The molecule has 1 saturated heterocycles. The normalized spacial score (nSPS) is 39.5. The third-order valence-electron chi connectivity index (χ3n) is 5.64. The fourth-order valence-electron chi connectivity index (χ4n) is 4.50. The quantitative estimate of drug-likeness (QED) is 0.728. The number of furan rings is 1. The van der Waals surface area contributed by atoms with Gasteiger partial charge in [0.15, 0.2) is 5.76 Å². The van der Waals surface area contributed by atoms with Gasteiger partial charge < -0.3 is 14.2 Å². The number of allylic oxidation sites excluding steroid dienone is 2. The summed E-state index contributed by atoms with van der Waals surface area (Å²) < 4.78 is 5.47. The van der Waals surface area contributed by atoms with Gasteiger partial charge in [0.2, 0.25) is 0 Å². The number of hydrogen-bond donors (Lipinski definition) is 2. The summed E-state index contributed by atoms with van der Waals surface area (Å²) >= 11 is 0. The second kappa shape index (κ2) is 5.38. The molecule has 2 heterocycles. The van der Waals surface area contributed by atoms with Crippen molar-refractivity contribution in [2.75, 3.05) is 32.7 Å². The second-order valence-corrected chi connectivity index (χ2v) is 7.00. The largest absolute Gasteiger partial charge is 0.463 e. The highest BCUT2D eigenvalue weighted by Crippen LogP contribution is 2.42. The topological polar surface area (TPSA) is 22.0 Å². The molecule has 1 aromatic rings. The van der Waals surface area contributed by atoms with Crippen molar-refractivity contribution in [3.8, 4) is 0 Å². The molecule has 3 aliphatic rings. The number of fused-ring (bicyclic) bond motifs is 2. The molecule has 1 aromatic heterocycles. The molecule has 4 rings (SSSR count). The summed E-state index contributed by atoms with van der Waals surface area (Å²) in [6.45, 7) is 7.76. The van der Waals surface area contributed by atoms with Crippen LogP contribution in [0.5, 0.6) is 0 Å². The molecule has 0 amide bonds. The van der Waals surface area contributed by atoms with Gasteiger partial charge in [0.1, 0.15) is 32.7 Å². The van der Waals surface area contributed by atoms with Crippen LogP contribution in [-0.2, 0) is 6.54 Å². The zero-order valence-electron chi connectivity index (χ0n) is 12.2. The average molecular weight is 274 g/mol. The van der Waals surface area contributed by atoms with Crippen molar-refractivity contribution < 1.29 is 14.2 Å². The lowest BCUT2D eigenvalue weighted by molar-refractivity contribution is -1.02. The molecule has 2 fully saturated rings. The Bertz CT molecular complexity index is 459. The fraction of sp³-hybridized carbons (Fsp3) is 0.647. The van der Waals surface area contributed by atoms with Crippen LogP contribution in [0, 0.1) is 17.8 Å². The number of piperazine rings is 1. The van der Waals surface area contributed by atoms with Gasteiger partial charge in [-0.3, -0.25) is 0 Å². The van der Waals surface area contributed by atoms with Crippen LogP contribution in [0.1, 0.15) is 18.6 Å². The Hall–Kier alpha value is -1.06. The van der Waals surface area contributed by atoms with Gasteiger partial charge >= 0.3 is 0 Å². The van der Waals surface area contributed by atoms with Crippen molar-refractivity contribution in [3.05, 3.63) is 36.3 Å². The molecule has 2 aliphatic carbocycles. The number of hydrogen-bond acceptors (Lipinski definition) is 1. The Morgan fingerprint density at radius 3 is 2.55 bits per heavy atom. The third kappa shape index (κ3) is 2.57. The molecular formula is C17H26N2O+2. The van der Waals surface area contributed by atoms with E-state index in [4.69, 9.17) is 4.42 Å². The SMILES string of the molecule is C1=CC2CC1CC2C[NH+]1CC[NH+](Cc2ccco2)CC1. The first kappa shape index (κ1) is 12.7. The smallest absolute Gasteiger partial charge is 0.157 e. The lowest BCUT2D eigenvalue weighted by atomic mass is 9.93. The van der Waals surface area contributed by atoms with Gasteiger partial charge in [-0.1, -0.05) is 12.2 Å². The number of quaternary nitrogens is 2. The van der Waals surface area contributed by atoms with Gasteiger partial charge in [0, 0.05) is 5.92 Å². The summed E-state index contributed by atoms with van der Waals surface area (Å²) in [4.78, 5) is 3.54. The van der Waals surface area contributed by atoms with Crippen LogP contribution in [0.2, 0.25) is 0 Å². The highest BCUT2D eigenvalue weighted by molar-refractivity contribution is 5.09. The van der Waals surface area contributed by atoms with Crippen molar-refractivity contribution in [3.63, 3.8) is 0 Å². The molecule has 108 valence electrons. The highest BCUT2D eigenvalue weighted by Gasteiger charge is 2.38. The highest BCUT2D eigenvalue weighted by atomic mass is 16.3. The molecule has 0 spiro atoms. The lowest BCUT2D eigenvalue weighted by Gasteiger charge is -2.32. The standard InChI is InChI=1S/C17H24N2O/c1-2-17(20-9-1)13-19-7-5-18(6-8-19)12-16-11-14-3-4-15(16)10-14/h1-4,9,14-16H,5-8,10-13H2/p+2. The molecule has 3 unspecified atom stereocenters. The molecular weight excluding hydrogens is 248 g/mol. The Morgan fingerprint density at radius 2 is 1.90 bits per heavy atom. The predicted molar refractivity (Wildman–Crippen MR) is 77.5 cm³/mol. The maximum Gasteiger partial charge on any atom is 0.157 e. The minimum Gasteiger partial charge on any atom is -0.463 e. The van der Waals surface area contributed by atoms with Crippen molar-refractivity contribution in [2.45, 2.75) is 19.4 Å². The van der Waals surface area contributed by atoms with Gasteiger partial charge in [-0.15, -0.1) is 0 Å². The zero-order chi connectivity index (χ0) is 13.4. The molecule has 20 heavy (non-hydrogen) atoms. The molecule has 1 saturated carbocycles. The lowest BCUT2D eigenvalue weighted by Crippen LogP contribution is -3.27. The summed E-state index contributed by atoms with van der Waals surface area (Å²) in [6.07, 6.45) is 9.67. The van der Waals surface area contributed by atoms with Crippen molar-refractivity contribution in [1.29, 1.82) is 0 Å². The first-order valence-electron chi connectivity index (χ1n) is 8.24. The third-order valence-corrected chi connectivity index (χ3v) is 5.64. The van der Waals surface area contributed by atoms with Crippen LogP contribution in [0.3, 0.4) is 0 Å². The molecule has 3 atom stereocenters. The van der Waals surface area contributed by atoms with E-state index in [1.165, 1.54) is 45.6 Å². The molecule has 3 heteroatoms. The van der Waals surface area contributed by atoms with Crippen molar-refractivity contribution in [1.82, 2.24) is 0 Å². The van der Waals surface area contributed by atoms with Gasteiger partial charge in [0.05, 0.1) is 12.8 Å².